The Morgan fingerprint density at radius 2 is 1.93 bits per heavy atom. The standard InChI is InChI=1S/C22H23N5OS/c29-22-25-20(17-8-1-3-11-23-17)21(27(22)15-16-7-6-14-28-16)18-9-5-13-26(18)19-10-2-4-12-24-19/h1-5,8-13,16,20-21H,6-7,14-15H2,(H,25,29)/t16-,20-,21-/m1/s1. The van der Waals surface area contributed by atoms with Gasteiger partial charge in [-0.15, -0.1) is 0 Å². The highest BCUT2D eigenvalue weighted by atomic mass is 32.1. The van der Waals surface area contributed by atoms with Gasteiger partial charge in [0, 0.05) is 37.4 Å². The molecule has 3 aromatic rings. The van der Waals surface area contributed by atoms with Crippen LogP contribution < -0.4 is 5.32 Å². The van der Waals surface area contributed by atoms with Crippen molar-refractivity contribution in [3.8, 4) is 5.82 Å². The molecule has 0 spiro atoms. The third kappa shape index (κ3) is 3.52. The normalized spacial score (nSPS) is 24.1. The molecule has 2 saturated heterocycles. The molecule has 29 heavy (non-hydrogen) atoms. The number of aromatic nitrogens is 3. The minimum Gasteiger partial charge on any atom is -0.376 e. The second kappa shape index (κ2) is 7.93. The number of nitrogens with zero attached hydrogens (tertiary/aromatic N) is 4. The van der Waals surface area contributed by atoms with E-state index in [1.807, 2.05) is 42.7 Å². The van der Waals surface area contributed by atoms with Gasteiger partial charge < -0.3 is 19.5 Å². The lowest BCUT2D eigenvalue weighted by atomic mass is 10.0. The minimum absolute atomic E-state index is 0.00129. The first-order valence-electron chi connectivity index (χ1n) is 9.99. The highest BCUT2D eigenvalue weighted by molar-refractivity contribution is 7.80. The summed E-state index contributed by atoms with van der Waals surface area (Å²) in [6.45, 7) is 1.60. The van der Waals surface area contributed by atoms with E-state index >= 15 is 0 Å². The Hall–Kier alpha value is -2.77. The third-order valence-electron chi connectivity index (χ3n) is 5.60. The topological polar surface area (TPSA) is 55.2 Å². The fourth-order valence-electron chi connectivity index (χ4n) is 4.27. The molecule has 2 aliphatic heterocycles. The summed E-state index contributed by atoms with van der Waals surface area (Å²) in [5.74, 6) is 0.891. The number of hydrogen-bond acceptors (Lipinski definition) is 4. The molecule has 0 radical (unpaired) electrons. The van der Waals surface area contributed by atoms with Crippen LogP contribution in [0.1, 0.15) is 36.3 Å². The lowest BCUT2D eigenvalue weighted by Gasteiger charge is -2.30. The van der Waals surface area contributed by atoms with Crippen molar-refractivity contribution in [1.82, 2.24) is 24.8 Å². The van der Waals surface area contributed by atoms with Gasteiger partial charge in [0.25, 0.3) is 0 Å². The van der Waals surface area contributed by atoms with Crippen molar-refractivity contribution >= 4 is 17.3 Å². The predicted molar refractivity (Wildman–Crippen MR) is 115 cm³/mol. The Bertz CT molecular complexity index is 971. The molecule has 2 aliphatic rings. The molecular weight excluding hydrogens is 382 g/mol. The van der Waals surface area contributed by atoms with Gasteiger partial charge in [-0.25, -0.2) is 4.98 Å². The van der Waals surface area contributed by atoms with Crippen LogP contribution >= 0.6 is 12.2 Å². The van der Waals surface area contributed by atoms with Gasteiger partial charge in [0.15, 0.2) is 5.11 Å². The molecule has 0 saturated carbocycles. The summed E-state index contributed by atoms with van der Waals surface area (Å²) in [5, 5.41) is 4.26. The van der Waals surface area contributed by atoms with Crippen LogP contribution in [0.3, 0.4) is 0 Å². The van der Waals surface area contributed by atoms with Crippen molar-refractivity contribution in [2.45, 2.75) is 31.0 Å². The molecule has 3 atom stereocenters. The van der Waals surface area contributed by atoms with E-state index in [-0.39, 0.29) is 18.2 Å². The fraction of sp³-hybridized carbons (Fsp3) is 0.318. The van der Waals surface area contributed by atoms with Crippen LogP contribution in [0.25, 0.3) is 5.82 Å². The van der Waals surface area contributed by atoms with Crippen LogP contribution in [0.5, 0.6) is 0 Å². The smallest absolute Gasteiger partial charge is 0.170 e. The zero-order valence-corrected chi connectivity index (χ0v) is 16.8. The van der Waals surface area contributed by atoms with Gasteiger partial charge in [0.2, 0.25) is 0 Å². The maximum atomic E-state index is 5.92. The van der Waals surface area contributed by atoms with Crippen LogP contribution in [-0.2, 0) is 4.74 Å². The quantitative estimate of drug-likeness (QED) is 0.657. The van der Waals surface area contributed by atoms with E-state index in [0.29, 0.717) is 0 Å². The molecular formula is C22H23N5OS. The Balaban J connectivity index is 1.57. The number of rotatable bonds is 5. The average Bonchev–Trinajstić information content (AvgIpc) is 3.51. The Morgan fingerprint density at radius 1 is 1.07 bits per heavy atom. The van der Waals surface area contributed by atoms with Crippen molar-refractivity contribution in [2.24, 2.45) is 0 Å². The first-order valence-corrected chi connectivity index (χ1v) is 10.4. The van der Waals surface area contributed by atoms with Gasteiger partial charge in [0.05, 0.1) is 23.9 Å². The molecule has 5 rings (SSSR count). The monoisotopic (exact) mass is 405 g/mol. The highest BCUT2D eigenvalue weighted by Crippen LogP contribution is 2.40. The van der Waals surface area contributed by atoms with Crippen molar-refractivity contribution in [3.05, 3.63) is 78.5 Å². The largest absolute Gasteiger partial charge is 0.376 e. The molecule has 1 N–H and O–H groups in total. The molecule has 0 amide bonds. The second-order valence-electron chi connectivity index (χ2n) is 7.40. The first-order chi connectivity index (χ1) is 14.3. The van der Waals surface area contributed by atoms with Gasteiger partial charge >= 0.3 is 0 Å². The van der Waals surface area contributed by atoms with E-state index in [4.69, 9.17) is 17.0 Å². The number of hydrogen-bond donors (Lipinski definition) is 1. The van der Waals surface area contributed by atoms with Gasteiger partial charge in [-0.3, -0.25) is 4.98 Å². The SMILES string of the molecule is S=C1N[C@H](c2ccccn2)[C@@H](c2cccn2-c2ccccn2)N1C[C@H]1CCCO1. The van der Waals surface area contributed by atoms with Gasteiger partial charge in [-0.2, -0.15) is 0 Å². The summed E-state index contributed by atoms with van der Waals surface area (Å²) < 4.78 is 8.06. The van der Waals surface area contributed by atoms with Crippen molar-refractivity contribution in [2.75, 3.05) is 13.2 Å². The Morgan fingerprint density at radius 3 is 2.66 bits per heavy atom. The zero-order chi connectivity index (χ0) is 19.6. The molecule has 0 aromatic carbocycles. The van der Waals surface area contributed by atoms with Crippen molar-refractivity contribution in [1.29, 1.82) is 0 Å². The predicted octanol–water partition coefficient (Wildman–Crippen LogP) is 3.42. The first kappa shape index (κ1) is 18.3. The molecule has 5 heterocycles. The second-order valence-corrected chi connectivity index (χ2v) is 7.79. The Kier molecular flexibility index (Phi) is 4.99. The summed E-state index contributed by atoms with van der Waals surface area (Å²) in [6, 6.07) is 16.1. The molecule has 0 aliphatic carbocycles. The van der Waals surface area contributed by atoms with E-state index < -0.39 is 0 Å². The molecule has 0 bridgehead atoms. The summed E-state index contributed by atoms with van der Waals surface area (Å²) in [7, 11) is 0. The van der Waals surface area contributed by atoms with Crippen LogP contribution in [0.4, 0.5) is 0 Å². The highest BCUT2D eigenvalue weighted by Gasteiger charge is 2.42. The molecule has 7 heteroatoms. The van der Waals surface area contributed by atoms with Crippen LogP contribution in [0.2, 0.25) is 0 Å². The van der Waals surface area contributed by atoms with Crippen LogP contribution in [0, 0.1) is 0 Å². The van der Waals surface area contributed by atoms with Crippen molar-refractivity contribution in [3.63, 3.8) is 0 Å². The van der Waals surface area contributed by atoms with E-state index in [9.17, 15) is 0 Å². The molecule has 3 aromatic heterocycles. The minimum atomic E-state index is -0.0394. The van der Waals surface area contributed by atoms with Gasteiger partial charge in [-0.05, 0) is 61.5 Å². The van der Waals surface area contributed by atoms with Crippen LogP contribution in [0.15, 0.2) is 67.1 Å². The fourth-order valence-corrected chi connectivity index (χ4v) is 4.59. The van der Waals surface area contributed by atoms with Crippen molar-refractivity contribution < 1.29 is 4.74 Å². The molecule has 6 nitrogen and oxygen atoms in total. The van der Waals surface area contributed by atoms with E-state index in [0.717, 1.165) is 48.3 Å². The number of thiocarbonyl (C=S) groups is 1. The lowest BCUT2D eigenvalue weighted by molar-refractivity contribution is 0.0836. The van der Waals surface area contributed by atoms with Gasteiger partial charge in [0.1, 0.15) is 5.82 Å². The summed E-state index contributed by atoms with van der Waals surface area (Å²) >= 11 is 5.77. The van der Waals surface area contributed by atoms with E-state index in [1.54, 1.807) is 0 Å². The molecule has 148 valence electrons. The lowest BCUT2D eigenvalue weighted by Crippen LogP contribution is -2.36. The van der Waals surface area contributed by atoms with Gasteiger partial charge in [-0.1, -0.05) is 12.1 Å². The maximum Gasteiger partial charge on any atom is 0.170 e. The number of ether oxygens (including phenoxy) is 1. The summed E-state index contributed by atoms with van der Waals surface area (Å²) in [6.07, 6.45) is 8.09. The summed E-state index contributed by atoms with van der Waals surface area (Å²) in [5.41, 5.74) is 2.10. The third-order valence-corrected chi connectivity index (χ3v) is 5.95. The number of nitrogens with one attached hydrogen (secondary N) is 1. The number of pyridine rings is 2. The maximum absolute atomic E-state index is 5.92. The molecule has 2 fully saturated rings. The van der Waals surface area contributed by atoms with E-state index in [1.165, 1.54) is 0 Å². The molecule has 0 unspecified atom stereocenters. The average molecular weight is 406 g/mol. The summed E-state index contributed by atoms with van der Waals surface area (Å²) in [4.78, 5) is 11.4. The Labute approximate surface area is 175 Å². The zero-order valence-electron chi connectivity index (χ0n) is 16.0. The van der Waals surface area contributed by atoms with Crippen LogP contribution in [-0.4, -0.2) is 43.8 Å². The van der Waals surface area contributed by atoms with E-state index in [2.05, 4.69) is 49.1 Å².